The Kier molecular flexibility index (Phi) is 14.6. The van der Waals surface area contributed by atoms with Crippen molar-refractivity contribution in [2.75, 3.05) is 0 Å². The molecule has 1 nitrogen and oxygen atoms in total. The number of hydrogen-bond donors (Lipinski definition) is 0. The van der Waals surface area contributed by atoms with Crippen LogP contribution in [0.4, 0.5) is 0 Å². The van der Waals surface area contributed by atoms with Crippen LogP contribution in [0.25, 0.3) is 73.7 Å². The van der Waals surface area contributed by atoms with E-state index in [-0.39, 0.29) is 6.71 Å². The van der Waals surface area contributed by atoms with Gasteiger partial charge in [-0.05, 0) is 121 Å². The van der Waals surface area contributed by atoms with E-state index >= 15 is 0 Å². The van der Waals surface area contributed by atoms with E-state index in [0.29, 0.717) is 5.92 Å². The number of benzene rings is 7. The second kappa shape index (κ2) is 22.0. The van der Waals surface area contributed by atoms with E-state index < -0.39 is 0 Å². The zero-order valence-corrected chi connectivity index (χ0v) is 42.6. The van der Waals surface area contributed by atoms with Crippen molar-refractivity contribution >= 4 is 70.4 Å². The molecule has 7 aromatic carbocycles. The summed E-state index contributed by atoms with van der Waals surface area (Å²) >= 11 is 0. The molecule has 1 unspecified atom stereocenters. The molecule has 1 atom stereocenters. The van der Waals surface area contributed by atoms with Gasteiger partial charge in [0.1, 0.15) is 11.3 Å². The molecule has 0 N–H and O–H groups in total. The van der Waals surface area contributed by atoms with E-state index in [1.807, 2.05) is 44.2 Å². The van der Waals surface area contributed by atoms with Crippen LogP contribution in [0.2, 0.25) is 0 Å². The van der Waals surface area contributed by atoms with E-state index in [1.165, 1.54) is 83.2 Å². The monoisotopic (exact) mass is 938 g/mol. The molecule has 0 radical (unpaired) electrons. The van der Waals surface area contributed by atoms with Crippen molar-refractivity contribution in [3.8, 4) is 33.4 Å². The van der Waals surface area contributed by atoms with Crippen LogP contribution < -0.4 is 16.4 Å². The summed E-state index contributed by atoms with van der Waals surface area (Å²) in [6, 6.07) is 59.9. The van der Waals surface area contributed by atoms with E-state index in [1.54, 1.807) is 0 Å². The predicted molar refractivity (Wildman–Crippen MR) is 320 cm³/mol. The van der Waals surface area contributed by atoms with Gasteiger partial charge in [0.2, 0.25) is 0 Å². The Bertz CT molecular complexity index is 3670. The van der Waals surface area contributed by atoms with Gasteiger partial charge in [0.25, 0.3) is 0 Å². The van der Waals surface area contributed by atoms with Crippen molar-refractivity contribution in [3.05, 3.63) is 281 Å². The molecule has 3 heteroatoms. The summed E-state index contributed by atoms with van der Waals surface area (Å²) in [6.07, 6.45) is 24.8. The van der Waals surface area contributed by atoms with Crippen molar-refractivity contribution in [1.29, 1.82) is 0 Å². The van der Waals surface area contributed by atoms with E-state index in [0.717, 1.165) is 45.4 Å². The minimum Gasteiger partial charge on any atom is -0.0622 e. The SMILES string of the molecule is C=C/C(=C\C=C/C)c1cccc(-c2ccc(C)c(-c3cc(/C=C/c4c(/C=C\C)oc5ccc(B6c7ccccc7-c7cc(C8C=C(c9cbccc9)C=CC8)ccc76)cc45)ccc3C)c2)c1.Cc1ccccc1. The van der Waals surface area contributed by atoms with Crippen LogP contribution in [0.3, 0.4) is 0 Å². The van der Waals surface area contributed by atoms with Crippen molar-refractivity contribution in [1.82, 2.24) is 0 Å². The molecule has 0 spiro atoms. The molecule has 9 aromatic rings. The van der Waals surface area contributed by atoms with Crippen molar-refractivity contribution in [2.45, 2.75) is 47.0 Å². The van der Waals surface area contributed by atoms with Crippen molar-refractivity contribution < 1.29 is 4.42 Å². The molecule has 0 saturated carbocycles. The number of allylic oxidation sites excluding steroid dienone is 10. The fourth-order valence-electron chi connectivity index (χ4n) is 10.5. The Morgan fingerprint density at radius 3 is 2.21 bits per heavy atom. The summed E-state index contributed by atoms with van der Waals surface area (Å²) in [5, 5.41) is 1.12. The molecule has 0 bridgehead atoms. The van der Waals surface area contributed by atoms with E-state index in [9.17, 15) is 0 Å². The third-order valence-electron chi connectivity index (χ3n) is 14.4. The van der Waals surface area contributed by atoms with Gasteiger partial charge in [-0.25, -0.2) is 0 Å². The van der Waals surface area contributed by atoms with Gasteiger partial charge < -0.3 is 4.42 Å². The molecule has 0 fully saturated rings. The van der Waals surface area contributed by atoms with E-state index in [4.69, 9.17) is 4.42 Å². The third-order valence-corrected chi connectivity index (χ3v) is 14.4. The smallest absolute Gasteiger partial charge is 0.0622 e. The number of fused-ring (bicyclic) bond motifs is 4. The van der Waals surface area contributed by atoms with Crippen LogP contribution in [0, 0.1) is 20.8 Å². The van der Waals surface area contributed by atoms with Crippen LogP contribution in [0.1, 0.15) is 76.5 Å². The van der Waals surface area contributed by atoms with Gasteiger partial charge in [0.15, 0.2) is 0 Å². The molecular weight excluding hydrogens is 878 g/mol. The molecule has 1 aliphatic carbocycles. The fourth-order valence-corrected chi connectivity index (χ4v) is 10.5. The molecule has 3 heterocycles. The molecule has 2 aromatic heterocycles. The van der Waals surface area contributed by atoms with Crippen molar-refractivity contribution in [2.24, 2.45) is 0 Å². The Morgan fingerprint density at radius 2 is 1.42 bits per heavy atom. The zero-order chi connectivity index (χ0) is 50.3. The topological polar surface area (TPSA) is 13.1 Å². The zero-order valence-electron chi connectivity index (χ0n) is 42.6. The van der Waals surface area contributed by atoms with Crippen LogP contribution in [0.5, 0.6) is 0 Å². The number of hydrogen-bond acceptors (Lipinski definition) is 1. The first-order valence-corrected chi connectivity index (χ1v) is 25.6. The Labute approximate surface area is 434 Å². The summed E-state index contributed by atoms with van der Waals surface area (Å²) in [4.78, 5) is 0. The fraction of sp³-hybridized carbons (Fsp3) is 0.100. The molecule has 2 aliphatic rings. The Balaban J connectivity index is 0.000000807. The van der Waals surface area contributed by atoms with Gasteiger partial charge in [-0.15, -0.1) is 0 Å². The Morgan fingerprint density at radius 1 is 0.644 bits per heavy atom. The average Bonchev–Trinajstić information content (AvgIpc) is 3.96. The van der Waals surface area contributed by atoms with Crippen LogP contribution in [-0.4, -0.2) is 13.6 Å². The molecule has 352 valence electrons. The first-order valence-electron chi connectivity index (χ1n) is 25.6. The molecule has 0 amide bonds. The molecular formula is C70H60B2O. The predicted octanol–water partition coefficient (Wildman–Crippen LogP) is 16.7. The first kappa shape index (κ1) is 48.4. The summed E-state index contributed by atoms with van der Waals surface area (Å²) in [7, 11) is 0. The normalized spacial score (nSPS) is 14.1. The standard InChI is InChI=1S/C63H52B2O.C7H8/c1-6-9-16-45(8-3)46-17-12-18-47(36-46)50-28-25-43(5)57(38-50)56-35-44(26-24-42(56)4)27-31-55-59-40-53(30-33-63(59)66-62(55)15-7-2)65-60-23-11-10-22-54(60)58-39-51(29-32-61(58)65)48-19-13-20-49(37-48)52-21-14-34-64-41-52;1-7-5-3-2-4-6-7/h6-18,20-41,48H,3,19H2,1-2,4-5H3;2-6H,1H3/b9-6-,15-7-,31-27+,45-16+;. The van der Waals surface area contributed by atoms with Gasteiger partial charge in [0, 0.05) is 10.9 Å². The average molecular weight is 939 g/mol. The van der Waals surface area contributed by atoms with Crippen LogP contribution in [0.15, 0.2) is 235 Å². The van der Waals surface area contributed by atoms with Crippen molar-refractivity contribution in [3.63, 3.8) is 0 Å². The maximum absolute atomic E-state index is 6.58. The van der Waals surface area contributed by atoms with Gasteiger partial charge in [-0.3, -0.25) is 0 Å². The summed E-state index contributed by atoms with van der Waals surface area (Å²) < 4.78 is 6.58. The number of rotatable bonds is 11. The summed E-state index contributed by atoms with van der Waals surface area (Å²) in [5.41, 5.74) is 24.6. The quantitative estimate of drug-likeness (QED) is 0.0930. The maximum atomic E-state index is 6.58. The number of furan rings is 1. The Hall–Kier alpha value is -8.26. The van der Waals surface area contributed by atoms with Crippen LogP contribution in [-0.2, 0) is 0 Å². The van der Waals surface area contributed by atoms with Gasteiger partial charge >= 0.3 is 167 Å². The second-order valence-electron chi connectivity index (χ2n) is 19.3. The van der Waals surface area contributed by atoms with Gasteiger partial charge in [-0.2, -0.15) is 0 Å². The first-order chi connectivity index (χ1) is 35.8. The molecule has 0 saturated heterocycles. The third kappa shape index (κ3) is 10.4. The summed E-state index contributed by atoms with van der Waals surface area (Å²) in [5.74, 6) is 5.47. The van der Waals surface area contributed by atoms with Gasteiger partial charge in [-0.1, -0.05) is 121 Å². The number of aryl methyl sites for hydroxylation is 3. The minimum absolute atomic E-state index is 0.119. The van der Waals surface area contributed by atoms with E-state index in [2.05, 4.69) is 246 Å². The minimum atomic E-state index is 0.119. The molecule has 1 aliphatic heterocycles. The second-order valence-corrected chi connectivity index (χ2v) is 19.3. The molecule has 73 heavy (non-hydrogen) atoms. The van der Waals surface area contributed by atoms with Gasteiger partial charge in [0.05, 0.1) is 0 Å². The van der Waals surface area contributed by atoms with Crippen LogP contribution >= 0.6 is 0 Å². The summed E-state index contributed by atoms with van der Waals surface area (Å²) in [6.45, 7) is 16.9. The molecule has 11 rings (SSSR count).